The molecule has 0 aliphatic carbocycles. The zero-order valence-corrected chi connectivity index (χ0v) is 15.6. The van der Waals surface area contributed by atoms with Crippen molar-refractivity contribution >= 4 is 39.1 Å². The molecule has 1 N–H and O–H groups in total. The molecule has 1 atom stereocenters. The Morgan fingerprint density at radius 3 is 2.75 bits per heavy atom. The Morgan fingerprint density at radius 1 is 1.25 bits per heavy atom. The predicted octanol–water partition coefficient (Wildman–Crippen LogP) is 3.82. The van der Waals surface area contributed by atoms with E-state index in [2.05, 4.69) is 21.2 Å². The Morgan fingerprint density at radius 2 is 2.04 bits per heavy atom. The van der Waals surface area contributed by atoms with Gasteiger partial charge in [-0.25, -0.2) is 0 Å². The Balaban J connectivity index is 1.67. The van der Waals surface area contributed by atoms with E-state index >= 15 is 0 Å². The Labute approximate surface area is 154 Å². The fourth-order valence-electron chi connectivity index (χ4n) is 2.93. The number of likely N-dealkylation sites (tertiary alicyclic amines) is 1. The number of halogens is 1. The molecule has 1 aliphatic heterocycles. The third kappa shape index (κ3) is 4.05. The predicted molar refractivity (Wildman–Crippen MR) is 99.0 cm³/mol. The monoisotopic (exact) mass is 406 g/mol. The third-order valence-corrected chi connectivity index (χ3v) is 5.84. The lowest BCUT2D eigenvalue weighted by molar-refractivity contribution is -0.126. The molecule has 0 radical (unpaired) electrons. The number of piperidine rings is 1. The lowest BCUT2D eigenvalue weighted by atomic mass is 10.00. The van der Waals surface area contributed by atoms with Crippen molar-refractivity contribution in [3.8, 4) is 0 Å². The van der Waals surface area contributed by atoms with E-state index in [1.54, 1.807) is 28.4 Å². The van der Waals surface area contributed by atoms with Gasteiger partial charge in [0, 0.05) is 26.8 Å². The summed E-state index contributed by atoms with van der Waals surface area (Å²) >= 11 is 5.02. The average Bonchev–Trinajstić information content (AvgIpc) is 3.05. The molecule has 1 unspecified atom stereocenters. The number of carbonyl (C=O) groups excluding carboxylic acids is 2. The molecule has 1 aliphatic rings. The van der Waals surface area contributed by atoms with Gasteiger partial charge in [0.1, 0.15) is 6.04 Å². The topological polar surface area (TPSA) is 49.4 Å². The number of hydrogen-bond acceptors (Lipinski definition) is 3. The highest BCUT2D eigenvalue weighted by Gasteiger charge is 2.32. The summed E-state index contributed by atoms with van der Waals surface area (Å²) in [6.07, 6.45) is 2.64. The van der Waals surface area contributed by atoms with Crippen molar-refractivity contribution in [1.82, 2.24) is 10.2 Å². The molecule has 4 nitrogen and oxygen atoms in total. The van der Waals surface area contributed by atoms with Crippen LogP contribution in [0.1, 0.15) is 34.5 Å². The van der Waals surface area contributed by atoms with Crippen molar-refractivity contribution in [1.29, 1.82) is 0 Å². The van der Waals surface area contributed by atoms with Crippen molar-refractivity contribution in [3.63, 3.8) is 0 Å². The normalized spacial score (nSPS) is 17.5. The van der Waals surface area contributed by atoms with Crippen LogP contribution in [-0.2, 0) is 11.3 Å². The summed E-state index contributed by atoms with van der Waals surface area (Å²) in [6, 6.07) is 10.8. The first-order chi connectivity index (χ1) is 11.6. The van der Waals surface area contributed by atoms with Gasteiger partial charge in [0.05, 0.1) is 6.54 Å². The van der Waals surface area contributed by atoms with Crippen LogP contribution in [0.3, 0.4) is 0 Å². The highest BCUT2D eigenvalue weighted by atomic mass is 79.9. The van der Waals surface area contributed by atoms with E-state index in [1.807, 2.05) is 29.6 Å². The fraction of sp³-hybridized carbons (Fsp3) is 0.333. The highest BCUT2D eigenvalue weighted by molar-refractivity contribution is 9.10. The third-order valence-electron chi connectivity index (χ3n) is 4.15. The maximum Gasteiger partial charge on any atom is 0.254 e. The number of rotatable bonds is 4. The minimum Gasteiger partial charge on any atom is -0.349 e. The van der Waals surface area contributed by atoms with E-state index in [0.29, 0.717) is 18.7 Å². The molecule has 0 saturated carbocycles. The maximum atomic E-state index is 12.7. The molecule has 3 rings (SSSR count). The van der Waals surface area contributed by atoms with Crippen LogP contribution in [0.2, 0.25) is 0 Å². The van der Waals surface area contributed by atoms with E-state index in [0.717, 1.165) is 28.6 Å². The number of amides is 2. The molecule has 1 saturated heterocycles. The Kier molecular flexibility index (Phi) is 5.68. The van der Waals surface area contributed by atoms with Gasteiger partial charge >= 0.3 is 0 Å². The quantitative estimate of drug-likeness (QED) is 0.838. The van der Waals surface area contributed by atoms with Crippen molar-refractivity contribution in [2.75, 3.05) is 6.54 Å². The van der Waals surface area contributed by atoms with Crippen LogP contribution in [0.5, 0.6) is 0 Å². The second-order valence-electron chi connectivity index (χ2n) is 5.83. The van der Waals surface area contributed by atoms with Crippen LogP contribution in [-0.4, -0.2) is 29.3 Å². The van der Waals surface area contributed by atoms with Crippen LogP contribution >= 0.6 is 27.3 Å². The molecule has 1 aromatic heterocycles. The highest BCUT2D eigenvalue weighted by Crippen LogP contribution is 2.22. The summed E-state index contributed by atoms with van der Waals surface area (Å²) in [7, 11) is 0. The number of hydrogen-bond donors (Lipinski definition) is 1. The molecule has 1 aromatic carbocycles. The first kappa shape index (κ1) is 17.2. The molecule has 2 amide bonds. The Bertz CT molecular complexity index is 717. The smallest absolute Gasteiger partial charge is 0.254 e. The lowest BCUT2D eigenvalue weighted by Crippen LogP contribution is -2.51. The van der Waals surface area contributed by atoms with Crippen molar-refractivity contribution in [2.24, 2.45) is 0 Å². The van der Waals surface area contributed by atoms with E-state index in [1.165, 1.54) is 0 Å². The minimum atomic E-state index is -0.380. The first-order valence-corrected chi connectivity index (χ1v) is 9.69. The van der Waals surface area contributed by atoms with E-state index in [9.17, 15) is 9.59 Å². The van der Waals surface area contributed by atoms with Crippen LogP contribution < -0.4 is 5.32 Å². The van der Waals surface area contributed by atoms with Crippen LogP contribution in [0.25, 0.3) is 0 Å². The number of carbonyl (C=O) groups is 2. The van der Waals surface area contributed by atoms with Crippen molar-refractivity contribution in [2.45, 2.75) is 31.8 Å². The summed E-state index contributed by atoms with van der Waals surface area (Å²) in [5, 5.41) is 4.97. The standard InChI is InChI=1S/C18H19BrN2O2S/c19-14-10-15(24-12-14)11-20-17(22)16-8-4-5-9-21(16)18(23)13-6-2-1-3-7-13/h1-3,6-7,10,12,16H,4-5,8-9,11H2,(H,20,22). The number of benzene rings is 1. The molecule has 0 bridgehead atoms. The summed E-state index contributed by atoms with van der Waals surface area (Å²) in [5.41, 5.74) is 0.638. The van der Waals surface area contributed by atoms with Gasteiger partial charge in [-0.3, -0.25) is 9.59 Å². The molecular weight excluding hydrogens is 388 g/mol. The summed E-state index contributed by atoms with van der Waals surface area (Å²) in [5.74, 6) is -0.127. The largest absolute Gasteiger partial charge is 0.349 e. The van der Waals surface area contributed by atoms with E-state index in [4.69, 9.17) is 0 Å². The summed E-state index contributed by atoms with van der Waals surface area (Å²) in [6.45, 7) is 1.13. The SMILES string of the molecule is O=C(NCc1cc(Br)cs1)C1CCCCN1C(=O)c1ccccc1. The maximum absolute atomic E-state index is 12.7. The summed E-state index contributed by atoms with van der Waals surface area (Å²) in [4.78, 5) is 28.2. The molecule has 0 spiro atoms. The number of nitrogens with one attached hydrogen (secondary N) is 1. The zero-order valence-electron chi connectivity index (χ0n) is 13.2. The molecule has 6 heteroatoms. The van der Waals surface area contributed by atoms with E-state index < -0.39 is 0 Å². The van der Waals surface area contributed by atoms with Crippen LogP contribution in [0.4, 0.5) is 0 Å². The molecule has 2 heterocycles. The van der Waals surface area contributed by atoms with Crippen LogP contribution in [0.15, 0.2) is 46.3 Å². The van der Waals surface area contributed by atoms with Gasteiger partial charge in [-0.2, -0.15) is 0 Å². The lowest BCUT2D eigenvalue weighted by Gasteiger charge is -2.34. The summed E-state index contributed by atoms with van der Waals surface area (Å²) < 4.78 is 1.02. The second kappa shape index (κ2) is 7.94. The van der Waals surface area contributed by atoms with E-state index in [-0.39, 0.29) is 17.9 Å². The fourth-order valence-corrected chi connectivity index (χ4v) is 4.32. The van der Waals surface area contributed by atoms with Crippen molar-refractivity contribution in [3.05, 3.63) is 56.7 Å². The van der Waals surface area contributed by atoms with Gasteiger partial charge in [-0.15, -0.1) is 11.3 Å². The minimum absolute atomic E-state index is 0.0608. The number of nitrogens with zero attached hydrogens (tertiary/aromatic N) is 1. The average molecular weight is 407 g/mol. The van der Waals surface area contributed by atoms with Gasteiger partial charge in [-0.05, 0) is 53.4 Å². The second-order valence-corrected chi connectivity index (χ2v) is 7.74. The first-order valence-electron chi connectivity index (χ1n) is 8.02. The molecular formula is C18H19BrN2O2S. The number of thiophene rings is 1. The Hall–Kier alpha value is -1.66. The van der Waals surface area contributed by atoms with Gasteiger partial charge in [0.15, 0.2) is 0 Å². The van der Waals surface area contributed by atoms with Gasteiger partial charge < -0.3 is 10.2 Å². The van der Waals surface area contributed by atoms with Gasteiger partial charge in [0.2, 0.25) is 5.91 Å². The molecule has 24 heavy (non-hydrogen) atoms. The molecule has 2 aromatic rings. The zero-order chi connectivity index (χ0) is 16.9. The van der Waals surface area contributed by atoms with Crippen molar-refractivity contribution < 1.29 is 9.59 Å². The van der Waals surface area contributed by atoms with Gasteiger partial charge in [-0.1, -0.05) is 18.2 Å². The van der Waals surface area contributed by atoms with Crippen LogP contribution in [0, 0.1) is 0 Å². The molecule has 126 valence electrons. The molecule has 1 fully saturated rings. The van der Waals surface area contributed by atoms with Gasteiger partial charge in [0.25, 0.3) is 5.91 Å².